The number of hydrogen-bond donors (Lipinski definition) is 1. The number of amides is 1. The van der Waals surface area contributed by atoms with Crippen LogP contribution in [-0.4, -0.2) is 49.1 Å². The first-order valence-electron chi connectivity index (χ1n) is 7.06. The fourth-order valence-electron chi connectivity index (χ4n) is 2.00. The Labute approximate surface area is 121 Å². The molecule has 0 radical (unpaired) electrons. The highest BCUT2D eigenvalue weighted by atomic mass is 16.5. The third-order valence-electron chi connectivity index (χ3n) is 2.86. The van der Waals surface area contributed by atoms with Crippen molar-refractivity contribution >= 4 is 11.6 Å². The van der Waals surface area contributed by atoms with Crippen LogP contribution in [0.3, 0.4) is 0 Å². The second kappa shape index (κ2) is 8.53. The van der Waals surface area contributed by atoms with Crippen molar-refractivity contribution in [3.63, 3.8) is 0 Å². The van der Waals surface area contributed by atoms with Gasteiger partial charge in [0, 0.05) is 32.9 Å². The Bertz CT molecular complexity index is 421. The molecule has 0 aliphatic heterocycles. The summed E-state index contributed by atoms with van der Waals surface area (Å²) in [6.07, 6.45) is 3.35. The van der Waals surface area contributed by atoms with Crippen LogP contribution in [0.25, 0.3) is 0 Å². The predicted octanol–water partition coefficient (Wildman–Crippen LogP) is 2.26. The number of pyridine rings is 1. The fraction of sp³-hybridized carbons (Fsp3) is 0.600. The van der Waals surface area contributed by atoms with Crippen LogP contribution >= 0.6 is 0 Å². The number of anilines is 1. The van der Waals surface area contributed by atoms with E-state index in [1.165, 1.54) is 0 Å². The number of methoxy groups -OCH3 is 1. The summed E-state index contributed by atoms with van der Waals surface area (Å²) in [4.78, 5) is 18.6. The zero-order valence-electron chi connectivity index (χ0n) is 12.8. The molecular weight excluding hydrogens is 254 g/mol. The maximum Gasteiger partial charge on any atom is 0.256 e. The molecule has 1 heterocycles. The molecule has 1 N–H and O–H groups in total. The topological polar surface area (TPSA) is 54.5 Å². The predicted molar refractivity (Wildman–Crippen MR) is 81.0 cm³/mol. The maximum absolute atomic E-state index is 12.7. The van der Waals surface area contributed by atoms with Gasteiger partial charge in [0.25, 0.3) is 5.91 Å². The zero-order valence-corrected chi connectivity index (χ0v) is 12.8. The zero-order chi connectivity index (χ0) is 15.0. The second-order valence-corrected chi connectivity index (χ2v) is 5.09. The minimum atomic E-state index is 0.0223. The van der Waals surface area contributed by atoms with E-state index < -0.39 is 0 Å². The minimum absolute atomic E-state index is 0.0223. The molecule has 0 saturated heterocycles. The van der Waals surface area contributed by atoms with Crippen LogP contribution in [0.1, 0.15) is 31.1 Å². The number of ether oxygens (including phenoxy) is 1. The van der Waals surface area contributed by atoms with Crippen molar-refractivity contribution < 1.29 is 9.53 Å². The molecular formula is C15H25N3O2. The highest BCUT2D eigenvalue weighted by Gasteiger charge is 2.19. The van der Waals surface area contributed by atoms with E-state index in [2.05, 4.69) is 24.1 Å². The van der Waals surface area contributed by atoms with Crippen LogP contribution < -0.4 is 5.32 Å². The van der Waals surface area contributed by atoms with Crippen LogP contribution in [0.5, 0.6) is 0 Å². The maximum atomic E-state index is 12.7. The Kier molecular flexibility index (Phi) is 7.01. The van der Waals surface area contributed by atoms with Gasteiger partial charge in [0.2, 0.25) is 0 Å². The molecule has 0 unspecified atom stereocenters. The first kappa shape index (κ1) is 16.4. The normalized spacial score (nSPS) is 10.7. The number of nitrogens with zero attached hydrogens (tertiary/aromatic N) is 2. The van der Waals surface area contributed by atoms with Crippen molar-refractivity contribution in [2.45, 2.75) is 20.8 Å². The Morgan fingerprint density at radius 1 is 1.50 bits per heavy atom. The Hall–Kier alpha value is -1.62. The van der Waals surface area contributed by atoms with Gasteiger partial charge < -0.3 is 15.0 Å². The van der Waals surface area contributed by atoms with Crippen LogP contribution in [0.4, 0.5) is 5.69 Å². The quantitative estimate of drug-likeness (QED) is 0.793. The van der Waals surface area contributed by atoms with E-state index in [1.54, 1.807) is 25.6 Å². The standard InChI is InChI=1S/C15H25N3O2/c1-5-17-14-10-16-7-6-13(14)15(19)18(8-9-20-4)11-12(2)3/h6-7,10,12,17H,5,8-9,11H2,1-4H3. The van der Waals surface area contributed by atoms with Crippen molar-refractivity contribution in [1.82, 2.24) is 9.88 Å². The molecule has 20 heavy (non-hydrogen) atoms. The van der Waals surface area contributed by atoms with E-state index in [0.29, 0.717) is 24.6 Å². The lowest BCUT2D eigenvalue weighted by Gasteiger charge is -2.25. The molecule has 1 aromatic heterocycles. The summed E-state index contributed by atoms with van der Waals surface area (Å²) >= 11 is 0. The van der Waals surface area contributed by atoms with Crippen LogP contribution in [0.15, 0.2) is 18.5 Å². The monoisotopic (exact) mass is 279 g/mol. The lowest BCUT2D eigenvalue weighted by atomic mass is 10.1. The van der Waals surface area contributed by atoms with Gasteiger partial charge in [-0.25, -0.2) is 0 Å². The number of nitrogens with one attached hydrogen (secondary N) is 1. The van der Waals surface area contributed by atoms with E-state index in [-0.39, 0.29) is 5.91 Å². The van der Waals surface area contributed by atoms with Crippen molar-refractivity contribution in [2.75, 3.05) is 38.7 Å². The van der Waals surface area contributed by atoms with Gasteiger partial charge in [-0.2, -0.15) is 0 Å². The molecule has 1 amide bonds. The third kappa shape index (κ3) is 4.81. The minimum Gasteiger partial charge on any atom is -0.383 e. The number of hydrogen-bond acceptors (Lipinski definition) is 4. The van der Waals surface area contributed by atoms with E-state index in [4.69, 9.17) is 4.74 Å². The Balaban J connectivity index is 2.92. The van der Waals surface area contributed by atoms with E-state index in [0.717, 1.165) is 18.8 Å². The lowest BCUT2D eigenvalue weighted by Crippen LogP contribution is -2.37. The summed E-state index contributed by atoms with van der Waals surface area (Å²) in [5.74, 6) is 0.439. The molecule has 5 nitrogen and oxygen atoms in total. The summed E-state index contributed by atoms with van der Waals surface area (Å²) in [7, 11) is 1.65. The molecule has 1 rings (SSSR count). The van der Waals surface area contributed by atoms with Crippen LogP contribution in [0, 0.1) is 5.92 Å². The molecule has 0 fully saturated rings. The largest absolute Gasteiger partial charge is 0.383 e. The van der Waals surface area contributed by atoms with E-state index >= 15 is 0 Å². The highest BCUT2D eigenvalue weighted by molar-refractivity contribution is 5.99. The SMILES string of the molecule is CCNc1cnccc1C(=O)N(CCOC)CC(C)C. The molecule has 112 valence electrons. The molecule has 0 spiro atoms. The van der Waals surface area contributed by atoms with E-state index in [9.17, 15) is 4.79 Å². The van der Waals surface area contributed by atoms with Crippen molar-refractivity contribution in [2.24, 2.45) is 5.92 Å². The van der Waals surface area contributed by atoms with Gasteiger partial charge in [-0.15, -0.1) is 0 Å². The number of carbonyl (C=O) groups is 1. The number of rotatable bonds is 8. The molecule has 0 saturated carbocycles. The molecule has 5 heteroatoms. The van der Waals surface area contributed by atoms with Gasteiger partial charge >= 0.3 is 0 Å². The summed E-state index contributed by atoms with van der Waals surface area (Å²) < 4.78 is 5.10. The van der Waals surface area contributed by atoms with Crippen molar-refractivity contribution in [3.8, 4) is 0 Å². The molecule has 0 aliphatic rings. The summed E-state index contributed by atoms with van der Waals surface area (Å²) in [5.41, 5.74) is 1.45. The summed E-state index contributed by atoms with van der Waals surface area (Å²) in [6, 6.07) is 1.76. The number of aromatic nitrogens is 1. The Morgan fingerprint density at radius 2 is 2.25 bits per heavy atom. The summed E-state index contributed by atoms with van der Waals surface area (Å²) in [5, 5.41) is 3.18. The van der Waals surface area contributed by atoms with Gasteiger partial charge in [0.1, 0.15) is 0 Å². The number of carbonyl (C=O) groups excluding carboxylic acids is 1. The Morgan fingerprint density at radius 3 is 2.85 bits per heavy atom. The van der Waals surface area contributed by atoms with Crippen molar-refractivity contribution in [3.05, 3.63) is 24.0 Å². The molecule has 0 aromatic carbocycles. The average Bonchev–Trinajstić information content (AvgIpc) is 2.43. The lowest BCUT2D eigenvalue weighted by molar-refractivity contribution is 0.0673. The molecule has 1 aromatic rings. The average molecular weight is 279 g/mol. The summed E-state index contributed by atoms with van der Waals surface area (Å²) in [6.45, 7) is 8.82. The van der Waals surface area contributed by atoms with Gasteiger partial charge in [-0.05, 0) is 18.9 Å². The van der Waals surface area contributed by atoms with E-state index in [1.807, 2.05) is 11.8 Å². The van der Waals surface area contributed by atoms with Crippen molar-refractivity contribution in [1.29, 1.82) is 0 Å². The first-order valence-corrected chi connectivity index (χ1v) is 7.06. The fourth-order valence-corrected chi connectivity index (χ4v) is 2.00. The third-order valence-corrected chi connectivity index (χ3v) is 2.86. The van der Waals surface area contributed by atoms with Gasteiger partial charge in [-0.1, -0.05) is 13.8 Å². The van der Waals surface area contributed by atoms with Gasteiger partial charge in [0.15, 0.2) is 0 Å². The van der Waals surface area contributed by atoms with Crippen LogP contribution in [-0.2, 0) is 4.74 Å². The highest BCUT2D eigenvalue weighted by Crippen LogP contribution is 2.16. The van der Waals surface area contributed by atoms with Crippen LogP contribution in [0.2, 0.25) is 0 Å². The van der Waals surface area contributed by atoms with Gasteiger partial charge in [-0.3, -0.25) is 9.78 Å². The molecule has 0 aliphatic carbocycles. The van der Waals surface area contributed by atoms with Gasteiger partial charge in [0.05, 0.1) is 24.1 Å². The molecule has 0 bridgehead atoms. The molecule has 0 atom stereocenters. The first-order chi connectivity index (χ1) is 9.60. The smallest absolute Gasteiger partial charge is 0.256 e. The second-order valence-electron chi connectivity index (χ2n) is 5.09.